The van der Waals surface area contributed by atoms with Crippen LogP contribution in [0.5, 0.6) is 0 Å². The van der Waals surface area contributed by atoms with Crippen molar-refractivity contribution < 1.29 is 14.3 Å². The zero-order valence-corrected chi connectivity index (χ0v) is 13.7. The van der Waals surface area contributed by atoms with E-state index >= 15 is 0 Å². The molecule has 118 valence electrons. The topological polar surface area (TPSA) is 72.6 Å². The number of rotatable bonds is 8. The zero-order valence-electron chi connectivity index (χ0n) is 13.7. The lowest BCUT2D eigenvalue weighted by Crippen LogP contribution is -2.40. The summed E-state index contributed by atoms with van der Waals surface area (Å²) in [5.41, 5.74) is 5.69. The largest absolute Gasteiger partial charge is 0.452 e. The van der Waals surface area contributed by atoms with Crippen LogP contribution in [0.4, 0.5) is 0 Å². The normalized spacial score (nSPS) is 14.2. The van der Waals surface area contributed by atoms with Crippen LogP contribution in [0.1, 0.15) is 40.5 Å². The monoisotopic (exact) mass is 286 g/mol. The fraction of sp³-hybridized carbons (Fsp3) is 0.867. The molecular weight excluding hydrogens is 256 g/mol. The minimum absolute atomic E-state index is 0.0460. The van der Waals surface area contributed by atoms with Crippen LogP contribution in [0.3, 0.4) is 0 Å². The van der Waals surface area contributed by atoms with Crippen LogP contribution in [-0.2, 0) is 14.3 Å². The van der Waals surface area contributed by atoms with Gasteiger partial charge < -0.3 is 15.4 Å². The van der Waals surface area contributed by atoms with E-state index in [2.05, 4.69) is 13.8 Å². The lowest BCUT2D eigenvalue weighted by Gasteiger charge is -2.24. The molecule has 0 saturated carbocycles. The van der Waals surface area contributed by atoms with E-state index in [9.17, 15) is 9.59 Å². The second-order valence-electron chi connectivity index (χ2n) is 6.32. The molecule has 0 rings (SSSR count). The Morgan fingerprint density at radius 1 is 1.15 bits per heavy atom. The Hall–Kier alpha value is -1.10. The summed E-state index contributed by atoms with van der Waals surface area (Å²) in [5, 5.41) is 0. The Balaban J connectivity index is 4.57. The van der Waals surface area contributed by atoms with Crippen LogP contribution in [0.25, 0.3) is 0 Å². The highest BCUT2D eigenvalue weighted by Gasteiger charge is 2.28. The molecule has 0 spiro atoms. The number of carbonyl (C=O) groups is 2. The first-order valence-corrected chi connectivity index (χ1v) is 7.29. The van der Waals surface area contributed by atoms with Gasteiger partial charge in [-0.15, -0.1) is 0 Å². The molecule has 0 aliphatic heterocycles. The molecule has 0 unspecified atom stereocenters. The molecule has 0 saturated heterocycles. The van der Waals surface area contributed by atoms with Crippen LogP contribution in [0.2, 0.25) is 0 Å². The number of amides is 1. The SMILES string of the molecule is CC(C)C[C@H](CN)CC(=O)O[C@@H](C(=O)N(C)C)C(C)C. The molecular formula is C15H30N2O3. The van der Waals surface area contributed by atoms with Gasteiger partial charge in [0.1, 0.15) is 0 Å². The minimum atomic E-state index is -0.713. The highest BCUT2D eigenvalue weighted by atomic mass is 16.5. The molecule has 5 heteroatoms. The van der Waals surface area contributed by atoms with Gasteiger partial charge in [0, 0.05) is 20.5 Å². The molecule has 0 aliphatic carbocycles. The lowest BCUT2D eigenvalue weighted by molar-refractivity contribution is -0.162. The number of hydrogen-bond donors (Lipinski definition) is 1. The van der Waals surface area contributed by atoms with Crippen molar-refractivity contribution in [1.29, 1.82) is 0 Å². The van der Waals surface area contributed by atoms with E-state index in [0.717, 1.165) is 6.42 Å². The van der Waals surface area contributed by atoms with E-state index in [1.54, 1.807) is 14.1 Å². The maximum atomic E-state index is 12.0. The summed E-state index contributed by atoms with van der Waals surface area (Å²) < 4.78 is 5.36. The summed E-state index contributed by atoms with van der Waals surface area (Å²) in [4.78, 5) is 25.4. The van der Waals surface area contributed by atoms with Gasteiger partial charge in [-0.2, -0.15) is 0 Å². The van der Waals surface area contributed by atoms with Gasteiger partial charge in [-0.05, 0) is 30.7 Å². The molecule has 2 N–H and O–H groups in total. The van der Waals surface area contributed by atoms with Crippen molar-refractivity contribution in [3.05, 3.63) is 0 Å². The fourth-order valence-electron chi connectivity index (χ4n) is 2.08. The van der Waals surface area contributed by atoms with Gasteiger partial charge in [-0.1, -0.05) is 27.7 Å². The van der Waals surface area contributed by atoms with Crippen molar-refractivity contribution in [2.24, 2.45) is 23.5 Å². The van der Waals surface area contributed by atoms with Crippen molar-refractivity contribution in [2.75, 3.05) is 20.6 Å². The van der Waals surface area contributed by atoms with Gasteiger partial charge in [-0.25, -0.2) is 0 Å². The third kappa shape index (κ3) is 6.89. The van der Waals surface area contributed by atoms with Gasteiger partial charge in [0.15, 0.2) is 6.10 Å². The van der Waals surface area contributed by atoms with Crippen molar-refractivity contribution in [2.45, 2.75) is 46.6 Å². The van der Waals surface area contributed by atoms with Crippen molar-refractivity contribution in [3.8, 4) is 0 Å². The number of carbonyl (C=O) groups excluding carboxylic acids is 2. The van der Waals surface area contributed by atoms with Gasteiger partial charge in [0.2, 0.25) is 0 Å². The Morgan fingerprint density at radius 3 is 2.05 bits per heavy atom. The number of esters is 1. The van der Waals surface area contributed by atoms with E-state index < -0.39 is 6.10 Å². The lowest BCUT2D eigenvalue weighted by atomic mass is 9.94. The minimum Gasteiger partial charge on any atom is -0.452 e. The van der Waals surface area contributed by atoms with E-state index in [-0.39, 0.29) is 30.1 Å². The highest BCUT2D eigenvalue weighted by Crippen LogP contribution is 2.17. The predicted molar refractivity (Wildman–Crippen MR) is 80.0 cm³/mol. The van der Waals surface area contributed by atoms with E-state index in [4.69, 9.17) is 10.5 Å². The summed E-state index contributed by atoms with van der Waals surface area (Å²) in [5.74, 6) is 0.0391. The van der Waals surface area contributed by atoms with Crippen LogP contribution in [0, 0.1) is 17.8 Å². The quantitative estimate of drug-likeness (QED) is 0.689. The average molecular weight is 286 g/mol. The molecule has 0 bridgehead atoms. The van der Waals surface area contributed by atoms with E-state index in [1.807, 2.05) is 13.8 Å². The number of nitrogens with zero attached hydrogens (tertiary/aromatic N) is 1. The Bertz CT molecular complexity index is 314. The Kier molecular flexibility index (Phi) is 8.46. The zero-order chi connectivity index (χ0) is 15.9. The smallest absolute Gasteiger partial charge is 0.306 e. The molecule has 0 aromatic carbocycles. The number of hydrogen-bond acceptors (Lipinski definition) is 4. The van der Waals surface area contributed by atoms with Crippen LogP contribution < -0.4 is 5.73 Å². The van der Waals surface area contributed by atoms with Gasteiger partial charge in [-0.3, -0.25) is 9.59 Å². The summed E-state index contributed by atoms with van der Waals surface area (Å²) in [6.45, 7) is 8.39. The van der Waals surface area contributed by atoms with Crippen LogP contribution in [0.15, 0.2) is 0 Å². The van der Waals surface area contributed by atoms with Crippen LogP contribution in [-0.4, -0.2) is 43.5 Å². The second-order valence-corrected chi connectivity index (χ2v) is 6.32. The molecule has 1 amide bonds. The summed E-state index contributed by atoms with van der Waals surface area (Å²) >= 11 is 0. The van der Waals surface area contributed by atoms with Crippen molar-refractivity contribution >= 4 is 11.9 Å². The van der Waals surface area contributed by atoms with E-state index in [1.165, 1.54) is 4.90 Å². The first kappa shape index (κ1) is 18.9. The maximum Gasteiger partial charge on any atom is 0.306 e. The van der Waals surface area contributed by atoms with Gasteiger partial charge in [0.25, 0.3) is 5.91 Å². The molecule has 2 atom stereocenters. The van der Waals surface area contributed by atoms with Gasteiger partial charge >= 0.3 is 5.97 Å². The standard InChI is InChI=1S/C15H30N2O3/c1-10(2)7-12(9-16)8-13(18)20-14(11(3)4)15(19)17(5)6/h10-12,14H,7-9,16H2,1-6H3/t12-,14+/m0/s1. The first-order valence-electron chi connectivity index (χ1n) is 7.29. The third-order valence-electron chi connectivity index (χ3n) is 3.14. The molecule has 0 radical (unpaired) electrons. The predicted octanol–water partition coefficient (Wildman–Crippen LogP) is 1.65. The number of nitrogens with two attached hydrogens (primary N) is 1. The number of likely N-dealkylation sites (N-methyl/N-ethyl adjacent to an activating group) is 1. The fourth-order valence-corrected chi connectivity index (χ4v) is 2.08. The van der Waals surface area contributed by atoms with Crippen molar-refractivity contribution in [3.63, 3.8) is 0 Å². The Morgan fingerprint density at radius 2 is 1.70 bits per heavy atom. The molecule has 0 fully saturated rings. The summed E-state index contributed by atoms with van der Waals surface area (Å²) in [6.07, 6.45) is 0.452. The van der Waals surface area contributed by atoms with Crippen molar-refractivity contribution in [1.82, 2.24) is 4.90 Å². The molecule has 0 aromatic rings. The molecule has 5 nitrogen and oxygen atoms in total. The third-order valence-corrected chi connectivity index (χ3v) is 3.14. The van der Waals surface area contributed by atoms with Crippen LogP contribution >= 0.6 is 0 Å². The molecule has 0 heterocycles. The molecule has 0 aromatic heterocycles. The van der Waals surface area contributed by atoms with Gasteiger partial charge in [0.05, 0.1) is 0 Å². The molecule has 20 heavy (non-hydrogen) atoms. The van der Waals surface area contributed by atoms with E-state index in [0.29, 0.717) is 12.5 Å². The summed E-state index contributed by atoms with van der Waals surface area (Å²) in [6, 6.07) is 0. The highest BCUT2D eigenvalue weighted by molar-refractivity contribution is 5.83. The first-order chi connectivity index (χ1) is 9.18. The maximum absolute atomic E-state index is 12.0. The Labute approximate surface area is 122 Å². The number of ether oxygens (including phenoxy) is 1. The summed E-state index contributed by atoms with van der Waals surface area (Å²) in [7, 11) is 3.32. The molecule has 0 aliphatic rings. The average Bonchev–Trinajstić information content (AvgIpc) is 2.33. The second kappa shape index (κ2) is 8.95.